The van der Waals surface area contributed by atoms with Gasteiger partial charge in [-0.05, 0) is 50.8 Å². The Balaban J connectivity index is 1.72. The normalized spacial score (nSPS) is 16.8. The molecule has 6 heteroatoms. The van der Waals surface area contributed by atoms with Crippen LogP contribution in [0.3, 0.4) is 0 Å². The molecule has 1 saturated heterocycles. The van der Waals surface area contributed by atoms with E-state index in [0.717, 1.165) is 42.0 Å². The molecule has 1 aliphatic rings. The van der Waals surface area contributed by atoms with Crippen molar-refractivity contribution >= 4 is 5.91 Å². The van der Waals surface area contributed by atoms with Gasteiger partial charge < -0.3 is 18.9 Å². The maximum Gasteiger partial charge on any atom is 0.223 e. The van der Waals surface area contributed by atoms with E-state index < -0.39 is 0 Å². The minimum atomic E-state index is 0.0898. The van der Waals surface area contributed by atoms with Crippen molar-refractivity contribution in [1.82, 2.24) is 10.1 Å². The molecule has 6 nitrogen and oxygen atoms in total. The molecule has 1 aromatic carbocycles. The molecule has 0 bridgehead atoms. The van der Waals surface area contributed by atoms with Crippen LogP contribution in [0.4, 0.5) is 0 Å². The first-order valence-electron chi connectivity index (χ1n) is 8.98. The molecular formula is C20H26N2O4. The summed E-state index contributed by atoms with van der Waals surface area (Å²) in [5, 5.41) is 3.96. The van der Waals surface area contributed by atoms with Crippen molar-refractivity contribution in [1.29, 1.82) is 0 Å². The van der Waals surface area contributed by atoms with Crippen molar-refractivity contribution < 1.29 is 18.8 Å². The fraction of sp³-hybridized carbons (Fsp3) is 0.500. The van der Waals surface area contributed by atoms with E-state index in [1.165, 1.54) is 0 Å². The summed E-state index contributed by atoms with van der Waals surface area (Å²) in [6.07, 6.45) is 3.10. The first kappa shape index (κ1) is 18.3. The summed E-state index contributed by atoms with van der Waals surface area (Å²) in [5.74, 6) is 2.36. The molecule has 140 valence electrons. The van der Waals surface area contributed by atoms with Crippen LogP contribution in [-0.2, 0) is 11.2 Å². The van der Waals surface area contributed by atoms with E-state index in [2.05, 4.69) is 5.16 Å². The first-order chi connectivity index (χ1) is 12.5. The van der Waals surface area contributed by atoms with Crippen LogP contribution in [0.1, 0.15) is 47.9 Å². The molecule has 1 aliphatic heterocycles. The predicted octanol–water partition coefficient (Wildman–Crippen LogP) is 3.60. The smallest absolute Gasteiger partial charge is 0.223 e. The van der Waals surface area contributed by atoms with E-state index >= 15 is 0 Å². The molecule has 26 heavy (non-hydrogen) atoms. The Bertz CT molecular complexity index is 765. The number of benzene rings is 1. The quantitative estimate of drug-likeness (QED) is 0.789. The van der Waals surface area contributed by atoms with Crippen LogP contribution >= 0.6 is 0 Å². The molecule has 3 rings (SSSR count). The molecule has 0 aliphatic carbocycles. The fourth-order valence-corrected chi connectivity index (χ4v) is 3.71. The highest BCUT2D eigenvalue weighted by Crippen LogP contribution is 2.37. The van der Waals surface area contributed by atoms with Gasteiger partial charge in [-0.15, -0.1) is 0 Å². The summed E-state index contributed by atoms with van der Waals surface area (Å²) in [4.78, 5) is 14.8. The van der Waals surface area contributed by atoms with Crippen molar-refractivity contribution in [3.63, 3.8) is 0 Å². The van der Waals surface area contributed by atoms with Crippen LogP contribution in [0.5, 0.6) is 11.5 Å². The monoisotopic (exact) mass is 358 g/mol. The molecule has 1 atom stereocenters. The van der Waals surface area contributed by atoms with Gasteiger partial charge in [0.1, 0.15) is 5.76 Å². The highest BCUT2D eigenvalue weighted by atomic mass is 16.5. The molecule has 1 aromatic heterocycles. The van der Waals surface area contributed by atoms with Crippen molar-refractivity contribution in [2.45, 2.75) is 45.6 Å². The molecule has 0 unspecified atom stereocenters. The van der Waals surface area contributed by atoms with Gasteiger partial charge in [0.25, 0.3) is 0 Å². The minimum absolute atomic E-state index is 0.0898. The van der Waals surface area contributed by atoms with Crippen molar-refractivity contribution in [2.24, 2.45) is 0 Å². The molecule has 1 amide bonds. The number of ether oxygens (including phenoxy) is 2. The first-order valence-corrected chi connectivity index (χ1v) is 8.98. The Morgan fingerprint density at radius 3 is 2.69 bits per heavy atom. The SMILES string of the molecule is COc1ccc([C@H]2CCCN2C(=O)CCc2c(C)noc2C)cc1OC. The zero-order valence-corrected chi connectivity index (χ0v) is 15.9. The Hall–Kier alpha value is -2.50. The Labute approximate surface area is 154 Å². The van der Waals surface area contributed by atoms with E-state index in [1.807, 2.05) is 36.9 Å². The number of carbonyl (C=O) groups excluding carboxylic acids is 1. The van der Waals surface area contributed by atoms with Gasteiger partial charge in [0, 0.05) is 18.5 Å². The lowest BCUT2D eigenvalue weighted by atomic mass is 10.0. The van der Waals surface area contributed by atoms with E-state index in [1.54, 1.807) is 14.2 Å². The summed E-state index contributed by atoms with van der Waals surface area (Å²) in [6, 6.07) is 5.99. The molecule has 2 aromatic rings. The van der Waals surface area contributed by atoms with Crippen LogP contribution in [-0.4, -0.2) is 36.7 Å². The van der Waals surface area contributed by atoms with Gasteiger partial charge in [0.15, 0.2) is 11.5 Å². The lowest BCUT2D eigenvalue weighted by Crippen LogP contribution is -2.30. The maximum absolute atomic E-state index is 12.8. The third-order valence-electron chi connectivity index (χ3n) is 5.14. The second-order valence-electron chi connectivity index (χ2n) is 6.66. The summed E-state index contributed by atoms with van der Waals surface area (Å²) in [7, 11) is 3.25. The van der Waals surface area contributed by atoms with Gasteiger partial charge in [0.05, 0.1) is 26.0 Å². The van der Waals surface area contributed by atoms with Gasteiger partial charge >= 0.3 is 0 Å². The van der Waals surface area contributed by atoms with Crippen LogP contribution in [0.2, 0.25) is 0 Å². The maximum atomic E-state index is 12.8. The van der Waals surface area contributed by atoms with Gasteiger partial charge in [-0.2, -0.15) is 0 Å². The minimum Gasteiger partial charge on any atom is -0.493 e. The van der Waals surface area contributed by atoms with Crippen LogP contribution in [0.15, 0.2) is 22.7 Å². The second kappa shape index (κ2) is 7.81. The largest absolute Gasteiger partial charge is 0.493 e. The average Bonchev–Trinajstić information content (AvgIpc) is 3.26. The highest BCUT2D eigenvalue weighted by molar-refractivity contribution is 5.77. The molecule has 2 heterocycles. The van der Waals surface area contributed by atoms with Crippen molar-refractivity contribution in [3.8, 4) is 11.5 Å². The van der Waals surface area contributed by atoms with Gasteiger partial charge in [-0.25, -0.2) is 0 Å². The highest BCUT2D eigenvalue weighted by Gasteiger charge is 2.30. The zero-order valence-electron chi connectivity index (χ0n) is 15.9. The number of aromatic nitrogens is 1. The van der Waals surface area contributed by atoms with E-state index in [4.69, 9.17) is 14.0 Å². The lowest BCUT2D eigenvalue weighted by molar-refractivity contribution is -0.132. The fourth-order valence-electron chi connectivity index (χ4n) is 3.71. The zero-order chi connectivity index (χ0) is 18.7. The lowest BCUT2D eigenvalue weighted by Gasteiger charge is -2.26. The Morgan fingerprint density at radius 1 is 1.27 bits per heavy atom. The summed E-state index contributed by atoms with van der Waals surface area (Å²) < 4.78 is 15.9. The van der Waals surface area contributed by atoms with Crippen molar-refractivity contribution in [2.75, 3.05) is 20.8 Å². The van der Waals surface area contributed by atoms with E-state index in [0.29, 0.717) is 24.3 Å². The number of aryl methyl sites for hydroxylation is 2. The number of rotatable bonds is 6. The van der Waals surface area contributed by atoms with Crippen LogP contribution in [0.25, 0.3) is 0 Å². The van der Waals surface area contributed by atoms with Gasteiger partial charge in [-0.3, -0.25) is 4.79 Å². The van der Waals surface area contributed by atoms with Crippen LogP contribution < -0.4 is 9.47 Å². The summed E-state index contributed by atoms with van der Waals surface area (Å²) in [5.41, 5.74) is 3.00. The number of hydrogen-bond acceptors (Lipinski definition) is 5. The number of carbonyl (C=O) groups is 1. The van der Waals surface area contributed by atoms with E-state index in [9.17, 15) is 4.79 Å². The summed E-state index contributed by atoms with van der Waals surface area (Å²) in [6.45, 7) is 4.60. The number of hydrogen-bond donors (Lipinski definition) is 0. The molecule has 0 spiro atoms. The summed E-state index contributed by atoms with van der Waals surface area (Å²) >= 11 is 0. The second-order valence-corrected chi connectivity index (χ2v) is 6.66. The molecule has 0 N–H and O–H groups in total. The third-order valence-corrected chi connectivity index (χ3v) is 5.14. The standard InChI is InChI=1S/C20H26N2O4/c1-13-16(14(2)26-21-13)8-10-20(23)22-11-5-6-17(22)15-7-9-18(24-3)19(12-15)25-4/h7,9,12,17H,5-6,8,10-11H2,1-4H3/t17-/m1/s1. The Kier molecular flexibility index (Phi) is 5.49. The third kappa shape index (κ3) is 3.54. The molecule has 1 fully saturated rings. The van der Waals surface area contributed by atoms with Gasteiger partial charge in [-0.1, -0.05) is 11.2 Å². The molecule has 0 radical (unpaired) electrons. The Morgan fingerprint density at radius 2 is 2.04 bits per heavy atom. The number of methoxy groups -OCH3 is 2. The van der Waals surface area contributed by atoms with Crippen molar-refractivity contribution in [3.05, 3.63) is 40.8 Å². The predicted molar refractivity (Wildman–Crippen MR) is 97.5 cm³/mol. The van der Waals surface area contributed by atoms with Crippen LogP contribution in [0, 0.1) is 13.8 Å². The number of nitrogens with zero attached hydrogens (tertiary/aromatic N) is 2. The average molecular weight is 358 g/mol. The molecular weight excluding hydrogens is 332 g/mol. The number of likely N-dealkylation sites (tertiary alicyclic amines) is 1. The molecule has 0 saturated carbocycles. The van der Waals surface area contributed by atoms with E-state index in [-0.39, 0.29) is 11.9 Å². The number of amides is 1. The topological polar surface area (TPSA) is 64.8 Å². The van der Waals surface area contributed by atoms with Gasteiger partial charge in [0.2, 0.25) is 5.91 Å².